The maximum atomic E-state index is 11.3. The molecule has 0 fully saturated rings. The Kier molecular flexibility index (Phi) is 5.64. The van der Waals surface area contributed by atoms with Gasteiger partial charge < -0.3 is 10.4 Å². The van der Waals surface area contributed by atoms with Gasteiger partial charge >= 0.3 is 5.97 Å². The molecule has 1 aromatic rings. The van der Waals surface area contributed by atoms with Gasteiger partial charge in [-0.25, -0.2) is 4.79 Å². The van der Waals surface area contributed by atoms with Crippen LogP contribution in [0.5, 0.6) is 0 Å². The first kappa shape index (κ1) is 14.0. The van der Waals surface area contributed by atoms with Crippen LogP contribution in [0.15, 0.2) is 36.9 Å². The molecule has 1 rings (SSSR count). The topological polar surface area (TPSA) is 66.4 Å². The molecule has 4 heteroatoms. The highest BCUT2D eigenvalue weighted by Gasteiger charge is 2.03. The van der Waals surface area contributed by atoms with Crippen molar-refractivity contribution in [2.24, 2.45) is 0 Å². The van der Waals surface area contributed by atoms with Gasteiger partial charge in [0, 0.05) is 13.0 Å². The Labute approximate surface area is 106 Å². The second-order valence-electron chi connectivity index (χ2n) is 3.93. The molecule has 0 aliphatic heterocycles. The van der Waals surface area contributed by atoms with Crippen LogP contribution in [0.4, 0.5) is 0 Å². The average molecular weight is 247 g/mol. The molecule has 0 unspecified atom stereocenters. The van der Waals surface area contributed by atoms with E-state index in [1.807, 2.05) is 6.07 Å². The van der Waals surface area contributed by atoms with Crippen LogP contribution >= 0.6 is 0 Å². The van der Waals surface area contributed by atoms with Crippen molar-refractivity contribution in [3.8, 4) is 0 Å². The minimum Gasteiger partial charge on any atom is -0.478 e. The zero-order valence-electron chi connectivity index (χ0n) is 10.2. The molecular formula is C14H17NO3. The van der Waals surface area contributed by atoms with Crippen molar-refractivity contribution in [3.05, 3.63) is 48.0 Å². The highest BCUT2D eigenvalue weighted by Crippen LogP contribution is 2.05. The monoisotopic (exact) mass is 247 g/mol. The molecule has 0 radical (unpaired) electrons. The summed E-state index contributed by atoms with van der Waals surface area (Å²) in [7, 11) is 0. The minimum absolute atomic E-state index is 0.00992. The Bertz CT molecular complexity index is 440. The number of allylic oxidation sites excluding steroid dienone is 1. The van der Waals surface area contributed by atoms with Crippen molar-refractivity contribution in [1.82, 2.24) is 5.32 Å². The first-order chi connectivity index (χ1) is 8.63. The van der Waals surface area contributed by atoms with Crippen LogP contribution in [0.25, 0.3) is 0 Å². The third-order valence-corrected chi connectivity index (χ3v) is 2.49. The molecule has 96 valence electrons. The predicted molar refractivity (Wildman–Crippen MR) is 69.5 cm³/mol. The fourth-order valence-electron chi connectivity index (χ4n) is 1.53. The van der Waals surface area contributed by atoms with Crippen LogP contribution < -0.4 is 5.32 Å². The van der Waals surface area contributed by atoms with E-state index in [4.69, 9.17) is 5.11 Å². The number of carbonyl (C=O) groups is 2. The van der Waals surface area contributed by atoms with Crippen LogP contribution in [0.3, 0.4) is 0 Å². The second-order valence-corrected chi connectivity index (χ2v) is 3.93. The lowest BCUT2D eigenvalue weighted by atomic mass is 10.1. The SMILES string of the molecule is C=CCCC(=O)NCCc1cccc(C(=O)O)c1. The average Bonchev–Trinajstić information content (AvgIpc) is 2.36. The van der Waals surface area contributed by atoms with Crippen molar-refractivity contribution < 1.29 is 14.7 Å². The second kappa shape index (κ2) is 7.27. The van der Waals surface area contributed by atoms with Gasteiger partial charge in [-0.2, -0.15) is 0 Å². The summed E-state index contributed by atoms with van der Waals surface area (Å²) >= 11 is 0. The fourth-order valence-corrected chi connectivity index (χ4v) is 1.53. The molecule has 0 aliphatic rings. The Morgan fingerprint density at radius 1 is 1.39 bits per heavy atom. The zero-order valence-corrected chi connectivity index (χ0v) is 10.2. The minimum atomic E-state index is -0.938. The Hall–Kier alpha value is -2.10. The quantitative estimate of drug-likeness (QED) is 0.724. The van der Waals surface area contributed by atoms with E-state index in [0.717, 1.165) is 5.56 Å². The summed E-state index contributed by atoms with van der Waals surface area (Å²) in [5, 5.41) is 11.6. The molecule has 0 spiro atoms. The van der Waals surface area contributed by atoms with E-state index in [9.17, 15) is 9.59 Å². The summed E-state index contributed by atoms with van der Waals surface area (Å²) in [5.74, 6) is -0.948. The maximum Gasteiger partial charge on any atom is 0.335 e. The summed E-state index contributed by atoms with van der Waals surface area (Å²) < 4.78 is 0. The lowest BCUT2D eigenvalue weighted by Crippen LogP contribution is -2.25. The highest BCUT2D eigenvalue weighted by atomic mass is 16.4. The molecule has 1 aromatic carbocycles. The molecule has 0 heterocycles. The molecule has 18 heavy (non-hydrogen) atoms. The van der Waals surface area contributed by atoms with Gasteiger partial charge in [-0.3, -0.25) is 4.79 Å². The first-order valence-electron chi connectivity index (χ1n) is 5.83. The van der Waals surface area contributed by atoms with E-state index < -0.39 is 5.97 Å². The number of carbonyl (C=O) groups excluding carboxylic acids is 1. The van der Waals surface area contributed by atoms with Gasteiger partial charge in [-0.1, -0.05) is 18.2 Å². The molecule has 0 aromatic heterocycles. The van der Waals surface area contributed by atoms with Crippen molar-refractivity contribution in [3.63, 3.8) is 0 Å². The fraction of sp³-hybridized carbons (Fsp3) is 0.286. The molecule has 0 aliphatic carbocycles. The summed E-state index contributed by atoms with van der Waals surface area (Å²) in [5.41, 5.74) is 1.17. The lowest BCUT2D eigenvalue weighted by molar-refractivity contribution is -0.120. The molecule has 1 amide bonds. The largest absolute Gasteiger partial charge is 0.478 e. The van der Waals surface area contributed by atoms with E-state index in [0.29, 0.717) is 25.8 Å². The number of aromatic carboxylic acids is 1. The number of carboxylic acids is 1. The van der Waals surface area contributed by atoms with Crippen LogP contribution in [0, 0.1) is 0 Å². The van der Waals surface area contributed by atoms with Crippen LogP contribution in [-0.4, -0.2) is 23.5 Å². The van der Waals surface area contributed by atoms with Crippen LogP contribution in [0.1, 0.15) is 28.8 Å². The van der Waals surface area contributed by atoms with Gasteiger partial charge in [0.15, 0.2) is 0 Å². The molecule has 4 nitrogen and oxygen atoms in total. The van der Waals surface area contributed by atoms with Crippen molar-refractivity contribution in [2.75, 3.05) is 6.54 Å². The molecule has 0 saturated carbocycles. The zero-order chi connectivity index (χ0) is 13.4. The van der Waals surface area contributed by atoms with E-state index in [-0.39, 0.29) is 11.5 Å². The summed E-state index contributed by atoms with van der Waals surface area (Å²) in [6.45, 7) is 4.06. The third kappa shape index (κ3) is 4.82. The van der Waals surface area contributed by atoms with Gasteiger partial charge in [-0.05, 0) is 30.5 Å². The van der Waals surface area contributed by atoms with Gasteiger partial charge in [0.05, 0.1) is 5.56 Å². The Balaban J connectivity index is 2.39. The predicted octanol–water partition coefficient (Wildman–Crippen LogP) is 2.01. The number of carboxylic acid groups (broad SMARTS) is 1. The normalized spacial score (nSPS) is 9.78. The van der Waals surface area contributed by atoms with Gasteiger partial charge in [-0.15, -0.1) is 6.58 Å². The number of benzene rings is 1. The van der Waals surface area contributed by atoms with Gasteiger partial charge in [0.2, 0.25) is 5.91 Å². The first-order valence-corrected chi connectivity index (χ1v) is 5.83. The molecule has 0 saturated heterocycles. The van der Waals surface area contributed by atoms with Crippen molar-refractivity contribution >= 4 is 11.9 Å². The third-order valence-electron chi connectivity index (χ3n) is 2.49. The van der Waals surface area contributed by atoms with E-state index in [2.05, 4.69) is 11.9 Å². The van der Waals surface area contributed by atoms with E-state index in [1.165, 1.54) is 0 Å². The molecule has 0 atom stereocenters. The molecular weight excluding hydrogens is 230 g/mol. The summed E-state index contributed by atoms with van der Waals surface area (Å²) in [6, 6.07) is 6.73. The summed E-state index contributed by atoms with van der Waals surface area (Å²) in [6.07, 6.45) is 3.44. The number of hydrogen-bond acceptors (Lipinski definition) is 2. The Morgan fingerprint density at radius 3 is 2.83 bits per heavy atom. The van der Waals surface area contributed by atoms with Crippen molar-refractivity contribution in [2.45, 2.75) is 19.3 Å². The van der Waals surface area contributed by atoms with Gasteiger partial charge in [0.1, 0.15) is 0 Å². The summed E-state index contributed by atoms with van der Waals surface area (Å²) in [4.78, 5) is 22.1. The van der Waals surface area contributed by atoms with Gasteiger partial charge in [0.25, 0.3) is 0 Å². The van der Waals surface area contributed by atoms with E-state index >= 15 is 0 Å². The maximum absolute atomic E-state index is 11.3. The number of rotatable bonds is 7. The lowest BCUT2D eigenvalue weighted by Gasteiger charge is -2.05. The Morgan fingerprint density at radius 2 is 2.17 bits per heavy atom. The van der Waals surface area contributed by atoms with Crippen LogP contribution in [0.2, 0.25) is 0 Å². The van der Waals surface area contributed by atoms with E-state index in [1.54, 1.807) is 24.3 Å². The standard InChI is InChI=1S/C14H17NO3/c1-2-3-7-13(16)15-9-8-11-5-4-6-12(10-11)14(17)18/h2,4-6,10H,1,3,7-9H2,(H,15,16)(H,17,18). The number of amides is 1. The van der Waals surface area contributed by atoms with Crippen molar-refractivity contribution in [1.29, 1.82) is 0 Å². The molecule has 2 N–H and O–H groups in total. The molecule has 0 bridgehead atoms. The number of hydrogen-bond donors (Lipinski definition) is 2. The van der Waals surface area contributed by atoms with Crippen LogP contribution in [-0.2, 0) is 11.2 Å². The number of nitrogens with one attached hydrogen (secondary N) is 1. The highest BCUT2D eigenvalue weighted by molar-refractivity contribution is 5.87. The smallest absolute Gasteiger partial charge is 0.335 e.